The molecule has 1 aliphatic carbocycles. The minimum Gasteiger partial charge on any atom is -0.357 e. The number of aliphatic imine (C=N–C) groups is 1. The van der Waals surface area contributed by atoms with Crippen molar-refractivity contribution in [3.05, 3.63) is 94.6 Å². The predicted octanol–water partition coefficient (Wildman–Crippen LogP) is 3.11. The van der Waals surface area contributed by atoms with Crippen LogP contribution in [0.15, 0.2) is 82.9 Å². The van der Waals surface area contributed by atoms with Crippen molar-refractivity contribution < 1.29 is 0 Å². The number of fused-ring (bicyclic) bond motifs is 2. The van der Waals surface area contributed by atoms with E-state index in [9.17, 15) is 4.79 Å². The summed E-state index contributed by atoms with van der Waals surface area (Å²) in [6.07, 6.45) is 10.1. The molecule has 1 aliphatic heterocycles. The highest BCUT2D eigenvalue weighted by Crippen LogP contribution is 2.27. The summed E-state index contributed by atoms with van der Waals surface area (Å²) in [6, 6.07) is 16.3. The molecule has 0 amide bonds. The highest BCUT2D eigenvalue weighted by Gasteiger charge is 2.27. The fraction of sp³-hybridized carbons (Fsp3) is 0.174. The van der Waals surface area contributed by atoms with Gasteiger partial charge in [-0.15, -0.1) is 0 Å². The molecule has 2 aliphatic rings. The Kier molecular flexibility index (Phi) is 3.93. The summed E-state index contributed by atoms with van der Waals surface area (Å²) in [6.45, 7) is 0.507. The van der Waals surface area contributed by atoms with Crippen molar-refractivity contribution in [2.24, 2.45) is 4.99 Å². The van der Waals surface area contributed by atoms with Gasteiger partial charge in [0, 0.05) is 7.05 Å². The predicted molar refractivity (Wildman–Crippen MR) is 112 cm³/mol. The smallest absolute Gasteiger partial charge is 0.261 e. The van der Waals surface area contributed by atoms with E-state index in [1.165, 1.54) is 11.1 Å². The maximum atomic E-state index is 12.7. The number of hydrogen-bond acceptors (Lipinski definition) is 4. The third-order valence-electron chi connectivity index (χ3n) is 5.44. The first-order valence-corrected chi connectivity index (χ1v) is 9.38. The lowest BCUT2D eigenvalue weighted by Crippen LogP contribution is -2.32. The maximum Gasteiger partial charge on any atom is 0.261 e. The van der Waals surface area contributed by atoms with Crippen LogP contribution in [0.25, 0.3) is 16.5 Å². The van der Waals surface area contributed by atoms with Crippen LogP contribution >= 0.6 is 0 Å². The summed E-state index contributed by atoms with van der Waals surface area (Å²) < 4.78 is 1.66. The summed E-state index contributed by atoms with van der Waals surface area (Å²) >= 11 is 0. The van der Waals surface area contributed by atoms with Gasteiger partial charge in [0.1, 0.15) is 0 Å². The number of nitrogens with zero attached hydrogens (tertiary/aromatic N) is 4. The molecule has 0 saturated heterocycles. The van der Waals surface area contributed by atoms with Crippen LogP contribution in [0.5, 0.6) is 0 Å². The van der Waals surface area contributed by atoms with Crippen LogP contribution in [0.4, 0.5) is 0 Å². The largest absolute Gasteiger partial charge is 0.357 e. The zero-order valence-electron chi connectivity index (χ0n) is 15.6. The van der Waals surface area contributed by atoms with Crippen LogP contribution in [0.3, 0.4) is 0 Å². The number of rotatable bonds is 3. The van der Waals surface area contributed by atoms with Crippen molar-refractivity contribution in [1.82, 2.24) is 14.5 Å². The Morgan fingerprint density at radius 1 is 1.07 bits per heavy atom. The van der Waals surface area contributed by atoms with Gasteiger partial charge in [0.2, 0.25) is 0 Å². The number of benzene rings is 2. The molecule has 0 bridgehead atoms. The van der Waals surface area contributed by atoms with E-state index in [-0.39, 0.29) is 11.6 Å². The molecular weight excluding hydrogens is 348 g/mol. The van der Waals surface area contributed by atoms with Gasteiger partial charge in [0.25, 0.3) is 5.56 Å². The lowest BCUT2D eigenvalue weighted by Gasteiger charge is -2.24. The Balaban J connectivity index is 1.39. The van der Waals surface area contributed by atoms with Crippen molar-refractivity contribution in [3.63, 3.8) is 0 Å². The van der Waals surface area contributed by atoms with E-state index in [0.717, 1.165) is 11.1 Å². The Hall–Kier alpha value is -3.47. The number of hydrogen-bond donors (Lipinski definition) is 0. The Labute approximate surface area is 163 Å². The Morgan fingerprint density at radius 2 is 1.89 bits per heavy atom. The third-order valence-corrected chi connectivity index (χ3v) is 5.44. The molecular formula is C23H20N4O. The van der Waals surface area contributed by atoms with E-state index < -0.39 is 0 Å². The average molecular weight is 368 g/mol. The first-order valence-electron chi connectivity index (χ1n) is 9.38. The normalized spacial score (nSPS) is 20.5. The van der Waals surface area contributed by atoms with Crippen LogP contribution in [0.2, 0.25) is 0 Å². The minimum atomic E-state index is -0.0112. The quantitative estimate of drug-likeness (QED) is 0.714. The van der Waals surface area contributed by atoms with Gasteiger partial charge in [0.15, 0.2) is 0 Å². The van der Waals surface area contributed by atoms with Gasteiger partial charge in [-0.3, -0.25) is 14.4 Å². The van der Waals surface area contributed by atoms with Gasteiger partial charge in [-0.1, -0.05) is 54.6 Å². The lowest BCUT2D eigenvalue weighted by atomic mass is 9.93. The molecule has 2 aromatic carbocycles. The average Bonchev–Trinajstić information content (AvgIpc) is 3.11. The molecule has 2 unspecified atom stereocenters. The van der Waals surface area contributed by atoms with Gasteiger partial charge in [-0.2, -0.15) is 0 Å². The van der Waals surface area contributed by atoms with Gasteiger partial charge >= 0.3 is 0 Å². The first-order chi connectivity index (χ1) is 13.7. The summed E-state index contributed by atoms with van der Waals surface area (Å²) in [5, 5.41) is 0.650. The summed E-state index contributed by atoms with van der Waals surface area (Å²) in [4.78, 5) is 23.7. The molecule has 28 heavy (non-hydrogen) atoms. The van der Waals surface area contributed by atoms with E-state index in [2.05, 4.69) is 64.4 Å². The molecule has 2 atom stereocenters. The van der Waals surface area contributed by atoms with Crippen molar-refractivity contribution in [3.8, 4) is 0 Å². The van der Waals surface area contributed by atoms with Crippen LogP contribution in [0.1, 0.15) is 11.1 Å². The molecule has 5 heteroatoms. The Bertz CT molecular complexity index is 1190. The third kappa shape index (κ3) is 2.85. The lowest BCUT2D eigenvalue weighted by molar-refractivity contribution is 0.446. The van der Waals surface area contributed by atoms with Gasteiger partial charge in [-0.25, -0.2) is 4.98 Å². The fourth-order valence-electron chi connectivity index (χ4n) is 3.82. The molecule has 0 saturated carbocycles. The van der Waals surface area contributed by atoms with Crippen LogP contribution in [-0.2, 0) is 6.54 Å². The van der Waals surface area contributed by atoms with Crippen LogP contribution in [0, 0.1) is 0 Å². The van der Waals surface area contributed by atoms with E-state index in [1.54, 1.807) is 10.9 Å². The SMILES string of the molecule is CN1C=NC2C=CC(c3ccc(Cn4cnc5ccccc5c4=O)cc3)=CC21. The number of para-hydroxylation sites is 1. The molecule has 0 radical (unpaired) electrons. The zero-order valence-corrected chi connectivity index (χ0v) is 15.6. The minimum absolute atomic E-state index is 0.0112. The molecule has 2 heterocycles. The van der Waals surface area contributed by atoms with Crippen molar-refractivity contribution in [2.45, 2.75) is 18.6 Å². The number of aromatic nitrogens is 2. The first kappa shape index (κ1) is 16.7. The molecule has 5 rings (SSSR count). The van der Waals surface area contributed by atoms with E-state index in [4.69, 9.17) is 0 Å². The van der Waals surface area contributed by atoms with E-state index in [0.29, 0.717) is 18.0 Å². The maximum absolute atomic E-state index is 12.7. The zero-order chi connectivity index (χ0) is 19.1. The molecule has 5 nitrogen and oxygen atoms in total. The molecule has 0 fully saturated rings. The van der Waals surface area contributed by atoms with Crippen molar-refractivity contribution in [1.29, 1.82) is 0 Å². The van der Waals surface area contributed by atoms with E-state index >= 15 is 0 Å². The van der Waals surface area contributed by atoms with E-state index in [1.807, 2.05) is 30.6 Å². The molecule has 0 N–H and O–H groups in total. The van der Waals surface area contributed by atoms with Gasteiger partial charge in [0.05, 0.1) is 42.2 Å². The fourth-order valence-corrected chi connectivity index (χ4v) is 3.82. The van der Waals surface area contributed by atoms with Crippen LogP contribution in [-0.4, -0.2) is 39.9 Å². The standard InChI is InChI=1S/C23H20N4O/c1-26-14-24-21-11-10-18(12-22(21)26)17-8-6-16(7-9-17)13-27-15-25-20-5-3-2-4-19(20)23(27)28/h2-12,14-15,21-22H,13H2,1H3. The summed E-state index contributed by atoms with van der Waals surface area (Å²) in [5.41, 5.74) is 4.16. The summed E-state index contributed by atoms with van der Waals surface area (Å²) in [7, 11) is 2.06. The monoisotopic (exact) mass is 368 g/mol. The molecule has 3 aromatic rings. The van der Waals surface area contributed by atoms with Crippen molar-refractivity contribution >= 4 is 22.8 Å². The van der Waals surface area contributed by atoms with Crippen molar-refractivity contribution in [2.75, 3.05) is 7.05 Å². The number of likely N-dealkylation sites (N-methyl/N-ethyl adjacent to an activating group) is 1. The van der Waals surface area contributed by atoms with Crippen LogP contribution < -0.4 is 5.56 Å². The summed E-state index contributed by atoms with van der Waals surface area (Å²) in [5.74, 6) is 0. The highest BCUT2D eigenvalue weighted by molar-refractivity contribution is 5.78. The second kappa shape index (κ2) is 6.60. The van der Waals surface area contributed by atoms with Gasteiger partial charge < -0.3 is 4.90 Å². The molecule has 0 spiro atoms. The molecule has 138 valence electrons. The molecule has 1 aromatic heterocycles. The second-order valence-corrected chi connectivity index (χ2v) is 7.28. The second-order valence-electron chi connectivity index (χ2n) is 7.28. The highest BCUT2D eigenvalue weighted by atomic mass is 16.1. The number of allylic oxidation sites excluding steroid dienone is 2. The Morgan fingerprint density at radius 3 is 2.75 bits per heavy atom. The topological polar surface area (TPSA) is 50.5 Å². The van der Waals surface area contributed by atoms with Gasteiger partial charge in [-0.05, 0) is 28.8 Å².